The molecule has 0 aliphatic carbocycles. The molecule has 0 fully saturated rings. The van der Waals surface area contributed by atoms with Crippen LogP contribution in [0.4, 0.5) is 19.3 Å². The number of amides is 3. The first kappa shape index (κ1) is 18.1. The van der Waals surface area contributed by atoms with Gasteiger partial charge < -0.3 is 25.8 Å². The van der Waals surface area contributed by atoms with Crippen molar-refractivity contribution in [1.29, 1.82) is 0 Å². The first-order valence-electron chi connectivity index (χ1n) is 6.35. The number of nitrogens with two attached hydrogens (primary N) is 1. The fraction of sp³-hybridized carbons (Fsp3) is 0.308. The molecule has 0 spiro atoms. The summed E-state index contributed by atoms with van der Waals surface area (Å²) in [4.78, 5) is 33.6. The Kier molecular flexibility index (Phi) is 6.71. The van der Waals surface area contributed by atoms with E-state index in [2.05, 4.69) is 20.1 Å². The van der Waals surface area contributed by atoms with E-state index >= 15 is 0 Å². The molecule has 0 aromatic heterocycles. The molecule has 23 heavy (non-hydrogen) atoms. The second kappa shape index (κ2) is 8.51. The van der Waals surface area contributed by atoms with E-state index in [-0.39, 0.29) is 5.75 Å². The number of hydrogen-bond donors (Lipinski definition) is 3. The van der Waals surface area contributed by atoms with Crippen LogP contribution < -0.4 is 21.1 Å². The minimum Gasteiger partial charge on any atom is -0.454 e. The lowest BCUT2D eigenvalue weighted by atomic mass is 10.3. The van der Waals surface area contributed by atoms with Gasteiger partial charge >= 0.3 is 18.6 Å². The molecule has 1 rings (SSSR count). The number of halogens is 2. The van der Waals surface area contributed by atoms with Gasteiger partial charge in [0.25, 0.3) is 5.91 Å². The molecule has 126 valence electrons. The van der Waals surface area contributed by atoms with Gasteiger partial charge in [-0.3, -0.25) is 4.79 Å². The van der Waals surface area contributed by atoms with Crippen LogP contribution in [0, 0.1) is 0 Å². The molecule has 0 saturated carbocycles. The number of anilines is 1. The number of ether oxygens (including phenoxy) is 2. The monoisotopic (exact) mass is 331 g/mol. The van der Waals surface area contributed by atoms with Gasteiger partial charge in [-0.05, 0) is 31.2 Å². The smallest absolute Gasteiger partial charge is 0.387 e. The summed E-state index contributed by atoms with van der Waals surface area (Å²) < 4.78 is 32.8. The molecule has 0 radical (unpaired) electrons. The maximum absolute atomic E-state index is 12.0. The molecule has 1 aromatic carbocycles. The molecule has 0 aliphatic heterocycles. The molecule has 0 saturated heterocycles. The van der Waals surface area contributed by atoms with Gasteiger partial charge in [0.2, 0.25) is 0 Å². The first-order chi connectivity index (χ1) is 10.8. The summed E-state index contributed by atoms with van der Waals surface area (Å²) in [5.74, 6) is -1.54. The van der Waals surface area contributed by atoms with Crippen LogP contribution in [-0.4, -0.2) is 37.2 Å². The summed E-state index contributed by atoms with van der Waals surface area (Å²) in [6.45, 7) is -2.18. The molecule has 8 nitrogen and oxygen atoms in total. The molecular formula is C13H15F2N3O5. The summed E-state index contributed by atoms with van der Waals surface area (Å²) in [6, 6.07) is 3.28. The van der Waals surface area contributed by atoms with Gasteiger partial charge in [-0.25, -0.2) is 9.59 Å². The number of alkyl halides is 2. The molecule has 10 heteroatoms. The lowest BCUT2D eigenvalue weighted by Crippen LogP contribution is -2.43. The van der Waals surface area contributed by atoms with Crippen LogP contribution in [0.1, 0.15) is 6.92 Å². The van der Waals surface area contributed by atoms with Crippen molar-refractivity contribution in [2.75, 3.05) is 11.9 Å². The highest BCUT2D eigenvalue weighted by Crippen LogP contribution is 2.17. The SMILES string of the molecule is C[C@@H](NC(N)=O)C(=O)OCC(=O)Nc1ccc(OC(F)F)cc1. The summed E-state index contributed by atoms with van der Waals surface area (Å²) in [5.41, 5.74) is 5.14. The number of carbonyl (C=O) groups is 3. The topological polar surface area (TPSA) is 120 Å². The van der Waals surface area contributed by atoms with Crippen LogP contribution in [0.15, 0.2) is 24.3 Å². The van der Waals surface area contributed by atoms with Gasteiger partial charge in [-0.1, -0.05) is 0 Å². The third-order valence-electron chi connectivity index (χ3n) is 2.42. The Balaban J connectivity index is 2.41. The third kappa shape index (κ3) is 7.07. The van der Waals surface area contributed by atoms with Crippen molar-refractivity contribution in [2.24, 2.45) is 5.73 Å². The van der Waals surface area contributed by atoms with E-state index in [4.69, 9.17) is 5.73 Å². The maximum Gasteiger partial charge on any atom is 0.387 e. The standard InChI is InChI=1S/C13H15F2N3O5/c1-7(17-13(16)21)11(20)22-6-10(19)18-8-2-4-9(5-3-8)23-12(14)15/h2-5,7,12H,6H2,1H3,(H,18,19)(H3,16,17,21)/t7-/m1/s1. The Morgan fingerprint density at radius 3 is 2.35 bits per heavy atom. The Hall–Kier alpha value is -2.91. The second-order valence-corrected chi connectivity index (χ2v) is 4.29. The summed E-state index contributed by atoms with van der Waals surface area (Å²) in [5, 5.41) is 4.48. The van der Waals surface area contributed by atoms with Gasteiger partial charge in [-0.2, -0.15) is 8.78 Å². The van der Waals surface area contributed by atoms with Crippen molar-refractivity contribution in [3.05, 3.63) is 24.3 Å². The van der Waals surface area contributed by atoms with Crippen LogP contribution in [0.3, 0.4) is 0 Å². The zero-order valence-electron chi connectivity index (χ0n) is 12.0. The summed E-state index contributed by atoms with van der Waals surface area (Å²) in [7, 11) is 0. The molecule has 0 unspecified atom stereocenters. The molecule has 1 atom stereocenters. The Morgan fingerprint density at radius 2 is 1.83 bits per heavy atom. The van der Waals surface area contributed by atoms with E-state index in [1.807, 2.05) is 0 Å². The summed E-state index contributed by atoms with van der Waals surface area (Å²) in [6.07, 6.45) is 0. The zero-order chi connectivity index (χ0) is 17.4. The molecule has 0 heterocycles. The third-order valence-corrected chi connectivity index (χ3v) is 2.42. The summed E-state index contributed by atoms with van der Waals surface area (Å²) >= 11 is 0. The van der Waals surface area contributed by atoms with Gasteiger partial charge in [0.05, 0.1) is 0 Å². The van der Waals surface area contributed by atoms with Gasteiger partial charge in [-0.15, -0.1) is 0 Å². The number of rotatable bonds is 7. The van der Waals surface area contributed by atoms with Crippen LogP contribution >= 0.6 is 0 Å². The maximum atomic E-state index is 12.0. The van der Waals surface area contributed by atoms with Crippen molar-refractivity contribution >= 4 is 23.6 Å². The second-order valence-electron chi connectivity index (χ2n) is 4.29. The van der Waals surface area contributed by atoms with Crippen LogP contribution in [0.5, 0.6) is 5.75 Å². The van der Waals surface area contributed by atoms with E-state index in [1.54, 1.807) is 0 Å². The Bertz CT molecular complexity index is 565. The van der Waals surface area contributed by atoms with Crippen molar-refractivity contribution in [2.45, 2.75) is 19.6 Å². The largest absolute Gasteiger partial charge is 0.454 e. The lowest BCUT2D eigenvalue weighted by molar-refractivity contribution is -0.148. The Labute approximate surface area is 129 Å². The number of hydrogen-bond acceptors (Lipinski definition) is 5. The van der Waals surface area contributed by atoms with E-state index < -0.39 is 37.2 Å². The minimum atomic E-state index is -2.94. The normalized spacial score (nSPS) is 11.5. The van der Waals surface area contributed by atoms with Crippen LogP contribution in [0.25, 0.3) is 0 Å². The molecular weight excluding hydrogens is 316 g/mol. The molecule has 4 N–H and O–H groups in total. The molecule has 0 aliphatic rings. The predicted molar refractivity (Wildman–Crippen MR) is 74.8 cm³/mol. The van der Waals surface area contributed by atoms with Crippen molar-refractivity contribution in [3.8, 4) is 5.75 Å². The average Bonchev–Trinajstić information content (AvgIpc) is 2.45. The minimum absolute atomic E-state index is 0.0595. The Morgan fingerprint density at radius 1 is 1.22 bits per heavy atom. The van der Waals surface area contributed by atoms with E-state index in [0.717, 1.165) is 0 Å². The predicted octanol–water partition coefficient (Wildman–Crippen LogP) is 0.827. The highest BCUT2D eigenvalue weighted by molar-refractivity contribution is 5.93. The fourth-order valence-electron chi connectivity index (χ4n) is 1.45. The molecule has 1 aromatic rings. The highest BCUT2D eigenvalue weighted by Gasteiger charge is 2.17. The van der Waals surface area contributed by atoms with E-state index in [0.29, 0.717) is 5.69 Å². The highest BCUT2D eigenvalue weighted by atomic mass is 19.3. The number of esters is 1. The number of carbonyl (C=O) groups excluding carboxylic acids is 3. The number of benzene rings is 1. The van der Waals surface area contributed by atoms with Crippen molar-refractivity contribution < 1.29 is 32.6 Å². The van der Waals surface area contributed by atoms with Gasteiger partial charge in [0.1, 0.15) is 11.8 Å². The van der Waals surface area contributed by atoms with Crippen LogP contribution in [0.2, 0.25) is 0 Å². The van der Waals surface area contributed by atoms with Gasteiger partial charge in [0, 0.05) is 5.69 Å². The van der Waals surface area contributed by atoms with Gasteiger partial charge in [0.15, 0.2) is 6.61 Å². The van der Waals surface area contributed by atoms with E-state index in [9.17, 15) is 23.2 Å². The quantitative estimate of drug-likeness (QED) is 0.639. The average molecular weight is 331 g/mol. The number of primary amides is 1. The fourth-order valence-corrected chi connectivity index (χ4v) is 1.45. The van der Waals surface area contributed by atoms with Crippen LogP contribution in [-0.2, 0) is 14.3 Å². The molecule has 0 bridgehead atoms. The van der Waals surface area contributed by atoms with Crippen molar-refractivity contribution in [3.63, 3.8) is 0 Å². The number of urea groups is 1. The molecule has 3 amide bonds. The first-order valence-corrected chi connectivity index (χ1v) is 6.35. The number of nitrogens with one attached hydrogen (secondary N) is 2. The van der Waals surface area contributed by atoms with Crippen molar-refractivity contribution in [1.82, 2.24) is 5.32 Å². The lowest BCUT2D eigenvalue weighted by Gasteiger charge is -2.12. The van der Waals surface area contributed by atoms with E-state index in [1.165, 1.54) is 31.2 Å². The zero-order valence-corrected chi connectivity index (χ0v) is 12.0.